The number of hydrogen-bond donors (Lipinski definition) is 5. The number of benzene rings is 1. The van der Waals surface area contributed by atoms with Gasteiger partial charge in [-0.05, 0) is 30.4 Å². The molecule has 0 radical (unpaired) electrons. The fraction of sp³-hybridized carbons (Fsp3) is 0.500. The molecule has 2 atom stereocenters. The van der Waals surface area contributed by atoms with Crippen molar-refractivity contribution in [3.8, 4) is 0 Å². The minimum Gasteiger partial charge on any atom is -0.327 e. The Morgan fingerprint density at radius 2 is 1.71 bits per heavy atom. The van der Waals surface area contributed by atoms with Gasteiger partial charge in [0.05, 0.1) is 0 Å². The van der Waals surface area contributed by atoms with Gasteiger partial charge in [0.25, 0.3) is 0 Å². The minimum atomic E-state index is -4.92. The van der Waals surface area contributed by atoms with Gasteiger partial charge < -0.3 is 25.3 Å². The van der Waals surface area contributed by atoms with Gasteiger partial charge in [-0.3, -0.25) is 9.13 Å². The Hall–Kier alpha value is -0.520. The summed E-state index contributed by atoms with van der Waals surface area (Å²) in [7, 11) is -9.84. The molecule has 0 saturated heterocycles. The molecule has 0 aliphatic heterocycles. The molecule has 0 saturated carbocycles. The maximum absolute atomic E-state index is 11.4. The van der Waals surface area contributed by atoms with Gasteiger partial charge in [-0.2, -0.15) is 0 Å². The Balaban J connectivity index is 2.37. The van der Waals surface area contributed by atoms with Crippen LogP contribution in [-0.2, 0) is 15.6 Å². The molecule has 1 aromatic rings. The van der Waals surface area contributed by atoms with Crippen LogP contribution in [0, 0.1) is 0 Å². The Morgan fingerprint density at radius 3 is 2.29 bits per heavy atom. The van der Waals surface area contributed by atoms with E-state index in [4.69, 9.17) is 5.73 Å². The van der Waals surface area contributed by atoms with Crippen LogP contribution < -0.4 is 5.73 Å². The van der Waals surface area contributed by atoms with Crippen LogP contribution in [0.1, 0.15) is 29.9 Å². The fourth-order valence-corrected chi connectivity index (χ4v) is 5.45. The van der Waals surface area contributed by atoms with E-state index in [-0.39, 0.29) is 12.5 Å². The zero-order valence-corrected chi connectivity index (χ0v) is 13.0. The van der Waals surface area contributed by atoms with Crippen molar-refractivity contribution in [3.05, 3.63) is 35.4 Å². The summed E-state index contributed by atoms with van der Waals surface area (Å²) in [6, 6.07) is 6.97. The van der Waals surface area contributed by atoms with Gasteiger partial charge >= 0.3 is 15.2 Å². The largest absolute Gasteiger partial charge is 0.340 e. The number of nitrogens with two attached hydrogens (primary N) is 1. The van der Waals surface area contributed by atoms with Crippen LogP contribution in [0.5, 0.6) is 0 Å². The van der Waals surface area contributed by atoms with E-state index in [1.54, 1.807) is 12.1 Å². The SMILES string of the molecule is NC1CCc2ccccc2C1CC(P(=O)(O)O)P(=O)(O)O. The lowest BCUT2D eigenvalue weighted by Gasteiger charge is -2.34. The van der Waals surface area contributed by atoms with Crippen molar-refractivity contribution in [1.29, 1.82) is 0 Å². The van der Waals surface area contributed by atoms with Crippen molar-refractivity contribution in [3.63, 3.8) is 0 Å². The van der Waals surface area contributed by atoms with E-state index >= 15 is 0 Å². The normalized spacial score (nSPS) is 23.1. The second-order valence-electron chi connectivity index (χ2n) is 5.40. The van der Waals surface area contributed by atoms with Gasteiger partial charge in [0.1, 0.15) is 0 Å². The van der Waals surface area contributed by atoms with Gasteiger partial charge in [0.2, 0.25) is 0 Å². The highest BCUT2D eigenvalue weighted by Crippen LogP contribution is 2.63. The summed E-state index contributed by atoms with van der Waals surface area (Å²) in [5, 5.41) is -2.01. The average molecular weight is 335 g/mol. The summed E-state index contributed by atoms with van der Waals surface area (Å²) >= 11 is 0. The molecular weight excluding hydrogens is 316 g/mol. The first-order valence-corrected chi connectivity index (χ1v) is 9.91. The molecule has 1 aromatic carbocycles. The van der Waals surface area contributed by atoms with E-state index in [1.807, 2.05) is 12.1 Å². The minimum absolute atomic E-state index is 0.327. The first-order valence-electron chi connectivity index (χ1n) is 6.54. The maximum atomic E-state index is 11.4. The van der Waals surface area contributed by atoms with E-state index in [2.05, 4.69) is 0 Å². The van der Waals surface area contributed by atoms with Crippen LogP contribution in [0.4, 0.5) is 0 Å². The molecule has 2 unspecified atom stereocenters. The molecular formula is C12H19NO6P2. The van der Waals surface area contributed by atoms with Crippen molar-refractivity contribution < 1.29 is 28.7 Å². The van der Waals surface area contributed by atoms with E-state index in [9.17, 15) is 28.7 Å². The molecule has 7 nitrogen and oxygen atoms in total. The number of hydrogen-bond acceptors (Lipinski definition) is 3. The quantitative estimate of drug-likeness (QED) is 0.519. The molecule has 2 rings (SSSR count). The molecule has 0 fully saturated rings. The van der Waals surface area contributed by atoms with Gasteiger partial charge in [-0.1, -0.05) is 24.3 Å². The van der Waals surface area contributed by atoms with E-state index in [0.717, 1.165) is 17.5 Å². The lowest BCUT2D eigenvalue weighted by atomic mass is 9.78. The molecule has 118 valence electrons. The topological polar surface area (TPSA) is 141 Å². The van der Waals surface area contributed by atoms with E-state index in [0.29, 0.717) is 6.42 Å². The summed E-state index contributed by atoms with van der Waals surface area (Å²) in [6.07, 6.45) is 1.05. The van der Waals surface area contributed by atoms with Crippen LogP contribution >= 0.6 is 15.2 Å². The van der Waals surface area contributed by atoms with Crippen LogP contribution in [0.25, 0.3) is 0 Å². The standard InChI is InChI=1S/C12H19NO6P2/c13-11-6-5-8-3-1-2-4-9(8)10(11)7-12(20(14,15)16)21(17,18)19/h1-4,10-12H,5-7,13H2,(H2,14,15,16)(H2,17,18,19). The number of aryl methyl sites for hydroxylation is 1. The van der Waals surface area contributed by atoms with Crippen molar-refractivity contribution in [1.82, 2.24) is 0 Å². The number of rotatable bonds is 4. The predicted octanol–water partition coefficient (Wildman–Crippen LogP) is 1.12. The monoisotopic (exact) mass is 335 g/mol. The molecule has 1 aliphatic carbocycles. The average Bonchev–Trinajstić information content (AvgIpc) is 2.34. The highest BCUT2D eigenvalue weighted by atomic mass is 31.2. The third-order valence-corrected chi connectivity index (χ3v) is 7.74. The second-order valence-corrected chi connectivity index (χ2v) is 9.41. The summed E-state index contributed by atoms with van der Waals surface area (Å²) in [5.41, 5.74) is 7.86. The zero-order chi connectivity index (χ0) is 15.8. The first kappa shape index (κ1) is 16.8. The molecule has 1 aliphatic rings. The van der Waals surface area contributed by atoms with Crippen LogP contribution in [0.2, 0.25) is 0 Å². The summed E-state index contributed by atoms with van der Waals surface area (Å²) in [6.45, 7) is 0. The third-order valence-electron chi connectivity index (χ3n) is 3.96. The summed E-state index contributed by atoms with van der Waals surface area (Å²) < 4.78 is 22.9. The summed E-state index contributed by atoms with van der Waals surface area (Å²) in [5.74, 6) is -0.472. The van der Waals surface area contributed by atoms with Gasteiger partial charge in [-0.15, -0.1) is 0 Å². The molecule has 0 bridgehead atoms. The highest BCUT2D eigenvalue weighted by Gasteiger charge is 2.46. The third kappa shape index (κ3) is 3.82. The lowest BCUT2D eigenvalue weighted by Crippen LogP contribution is -2.35. The molecule has 0 aromatic heterocycles. The van der Waals surface area contributed by atoms with Crippen LogP contribution in [-0.4, -0.2) is 31.0 Å². The van der Waals surface area contributed by atoms with E-state index in [1.165, 1.54) is 0 Å². The Bertz CT molecular complexity index is 588. The Morgan fingerprint density at radius 1 is 1.14 bits per heavy atom. The Kier molecular flexibility index (Phi) is 4.76. The van der Waals surface area contributed by atoms with Gasteiger partial charge in [0, 0.05) is 12.0 Å². The predicted molar refractivity (Wildman–Crippen MR) is 78.0 cm³/mol. The first-order chi connectivity index (χ1) is 9.60. The highest BCUT2D eigenvalue weighted by molar-refractivity contribution is 7.70. The maximum Gasteiger partial charge on any atom is 0.340 e. The van der Waals surface area contributed by atoms with Crippen molar-refractivity contribution in [2.45, 2.75) is 36.6 Å². The van der Waals surface area contributed by atoms with Crippen LogP contribution in [0.15, 0.2) is 24.3 Å². The lowest BCUT2D eigenvalue weighted by molar-refractivity contribution is 0.325. The van der Waals surface area contributed by atoms with Crippen LogP contribution in [0.3, 0.4) is 0 Å². The number of fused-ring (bicyclic) bond motifs is 1. The Labute approximate surface area is 122 Å². The molecule has 0 spiro atoms. The fourth-order valence-electron chi connectivity index (χ4n) is 2.88. The smallest absolute Gasteiger partial charge is 0.327 e. The molecule has 0 amide bonds. The molecule has 0 heterocycles. The molecule has 9 heteroatoms. The molecule has 21 heavy (non-hydrogen) atoms. The zero-order valence-electron chi connectivity index (χ0n) is 11.2. The molecule has 6 N–H and O–H groups in total. The van der Waals surface area contributed by atoms with Gasteiger partial charge in [-0.25, -0.2) is 0 Å². The van der Waals surface area contributed by atoms with Crippen molar-refractivity contribution in [2.24, 2.45) is 5.73 Å². The van der Waals surface area contributed by atoms with E-state index < -0.39 is 26.5 Å². The summed E-state index contributed by atoms with van der Waals surface area (Å²) in [4.78, 5) is 37.0. The van der Waals surface area contributed by atoms with Crippen molar-refractivity contribution in [2.75, 3.05) is 0 Å². The van der Waals surface area contributed by atoms with Gasteiger partial charge in [0.15, 0.2) is 5.40 Å². The van der Waals surface area contributed by atoms with Crippen molar-refractivity contribution >= 4 is 15.2 Å². The second kappa shape index (κ2) is 5.94.